The van der Waals surface area contributed by atoms with Gasteiger partial charge in [0.25, 0.3) is 0 Å². The predicted octanol–water partition coefficient (Wildman–Crippen LogP) is 1.18. The molecule has 5 nitrogen and oxygen atoms in total. The molecule has 0 radical (unpaired) electrons. The summed E-state index contributed by atoms with van der Waals surface area (Å²) in [6.07, 6.45) is -0.0947. The first kappa shape index (κ1) is 10.6. The van der Waals surface area contributed by atoms with E-state index in [1.165, 1.54) is 5.01 Å². The Labute approximate surface area is 79.1 Å². The molecule has 1 aliphatic heterocycles. The fourth-order valence-electron chi connectivity index (χ4n) is 0.898. The van der Waals surface area contributed by atoms with E-state index in [-0.39, 0.29) is 6.23 Å². The van der Waals surface area contributed by atoms with E-state index in [0.29, 0.717) is 19.8 Å². The molecule has 0 aromatic rings. The molecule has 76 valence electrons. The molecule has 0 aliphatic carbocycles. The quantitative estimate of drug-likeness (QED) is 0.282. The molecular weight excluding hydrogens is 188 g/mol. The minimum Gasteiger partial charge on any atom is -0.416 e. The summed E-state index contributed by atoms with van der Waals surface area (Å²) in [7, 11) is -1.46. The van der Waals surface area contributed by atoms with Crippen LogP contribution in [0.4, 0.5) is 0 Å². The van der Waals surface area contributed by atoms with Gasteiger partial charge < -0.3 is 9.16 Å². The number of hydrogen-bond donors (Lipinski definition) is 0. The Morgan fingerprint density at radius 2 is 2.23 bits per heavy atom. The van der Waals surface area contributed by atoms with Crippen LogP contribution in [-0.4, -0.2) is 39.3 Å². The Kier molecular flexibility index (Phi) is 3.40. The summed E-state index contributed by atoms with van der Waals surface area (Å²) < 4.78 is 10.5. The number of nitrogens with zero attached hydrogens (tertiary/aromatic N) is 2. The van der Waals surface area contributed by atoms with E-state index < -0.39 is 8.32 Å². The highest BCUT2D eigenvalue weighted by Gasteiger charge is 2.30. The van der Waals surface area contributed by atoms with E-state index in [1.54, 1.807) is 0 Å². The van der Waals surface area contributed by atoms with Crippen LogP contribution in [0.2, 0.25) is 19.6 Å². The third kappa shape index (κ3) is 4.35. The van der Waals surface area contributed by atoms with Gasteiger partial charge in [0.2, 0.25) is 0 Å². The predicted molar refractivity (Wildman–Crippen MR) is 51.5 cm³/mol. The Morgan fingerprint density at radius 1 is 1.62 bits per heavy atom. The van der Waals surface area contributed by atoms with Crippen LogP contribution in [0.1, 0.15) is 0 Å². The molecule has 13 heavy (non-hydrogen) atoms. The van der Waals surface area contributed by atoms with Crippen molar-refractivity contribution in [3.63, 3.8) is 0 Å². The van der Waals surface area contributed by atoms with Gasteiger partial charge in [0.15, 0.2) is 14.5 Å². The molecule has 1 rings (SSSR count). The van der Waals surface area contributed by atoms with Crippen LogP contribution in [-0.2, 0) is 9.16 Å². The highest BCUT2D eigenvalue weighted by molar-refractivity contribution is 6.69. The molecule has 1 saturated heterocycles. The molecule has 1 heterocycles. The Bertz CT molecular complexity index is 179. The molecule has 0 N–H and O–H groups in total. The summed E-state index contributed by atoms with van der Waals surface area (Å²) in [6, 6.07) is 0. The van der Waals surface area contributed by atoms with Gasteiger partial charge in [-0.15, -0.1) is 4.91 Å². The second-order valence-electron chi connectivity index (χ2n) is 3.99. The summed E-state index contributed by atoms with van der Waals surface area (Å²) in [5.41, 5.74) is 0. The van der Waals surface area contributed by atoms with E-state index >= 15 is 0 Å². The molecule has 0 aromatic carbocycles. The standard InChI is InChI=1S/C7H16N2O3Si/c1-13(2,3)12-5-4-9(8-10)7-6-11-7/h7H,4-6H2,1-3H3. The van der Waals surface area contributed by atoms with Crippen molar-refractivity contribution in [3.8, 4) is 0 Å². The monoisotopic (exact) mass is 204 g/mol. The molecule has 1 unspecified atom stereocenters. The second-order valence-corrected chi connectivity index (χ2v) is 8.51. The maximum absolute atomic E-state index is 10.3. The zero-order valence-electron chi connectivity index (χ0n) is 8.32. The average molecular weight is 204 g/mol. The van der Waals surface area contributed by atoms with Crippen LogP contribution in [0.5, 0.6) is 0 Å². The van der Waals surface area contributed by atoms with Gasteiger partial charge in [0.05, 0.1) is 25.0 Å². The highest BCUT2D eigenvalue weighted by atomic mass is 28.4. The second kappa shape index (κ2) is 4.16. The molecule has 6 heteroatoms. The molecular formula is C7H16N2O3Si. The molecule has 0 saturated carbocycles. The van der Waals surface area contributed by atoms with E-state index in [4.69, 9.17) is 9.16 Å². The fourth-order valence-corrected chi connectivity index (χ4v) is 1.60. The zero-order valence-corrected chi connectivity index (χ0v) is 9.32. The number of epoxide rings is 1. The largest absolute Gasteiger partial charge is 0.416 e. The Morgan fingerprint density at radius 3 is 2.62 bits per heavy atom. The van der Waals surface area contributed by atoms with Gasteiger partial charge in [-0.05, 0) is 19.6 Å². The van der Waals surface area contributed by atoms with Crippen molar-refractivity contribution in [1.29, 1.82) is 0 Å². The van der Waals surface area contributed by atoms with Crippen molar-refractivity contribution >= 4 is 8.32 Å². The zero-order chi connectivity index (χ0) is 9.90. The summed E-state index contributed by atoms with van der Waals surface area (Å²) in [4.78, 5) is 10.3. The van der Waals surface area contributed by atoms with E-state index in [1.807, 2.05) is 0 Å². The Hall–Kier alpha value is -0.463. The fraction of sp³-hybridized carbons (Fsp3) is 1.00. The lowest BCUT2D eigenvalue weighted by atomic mass is 10.6. The third-order valence-corrected chi connectivity index (χ3v) is 2.68. The summed E-state index contributed by atoms with van der Waals surface area (Å²) >= 11 is 0. The van der Waals surface area contributed by atoms with Crippen LogP contribution < -0.4 is 0 Å². The van der Waals surface area contributed by atoms with Crippen molar-refractivity contribution < 1.29 is 9.16 Å². The van der Waals surface area contributed by atoms with Gasteiger partial charge in [-0.2, -0.15) is 0 Å². The van der Waals surface area contributed by atoms with Gasteiger partial charge in [0, 0.05) is 0 Å². The van der Waals surface area contributed by atoms with Crippen LogP contribution in [0.3, 0.4) is 0 Å². The maximum Gasteiger partial charge on any atom is 0.183 e. The molecule has 0 bridgehead atoms. The van der Waals surface area contributed by atoms with Gasteiger partial charge in [-0.25, -0.2) is 5.01 Å². The lowest BCUT2D eigenvalue weighted by Crippen LogP contribution is -2.31. The summed E-state index contributed by atoms with van der Waals surface area (Å²) in [5, 5.41) is 4.25. The van der Waals surface area contributed by atoms with Gasteiger partial charge in [0.1, 0.15) is 0 Å². The highest BCUT2D eigenvalue weighted by Crippen LogP contribution is 2.15. The number of rotatable bonds is 6. The molecule has 1 atom stereocenters. The van der Waals surface area contributed by atoms with Crippen molar-refractivity contribution in [2.75, 3.05) is 19.8 Å². The molecule has 0 spiro atoms. The number of ether oxygens (including phenoxy) is 1. The topological polar surface area (TPSA) is 54.4 Å². The summed E-state index contributed by atoms with van der Waals surface area (Å²) in [5.74, 6) is 0. The molecule has 1 fully saturated rings. The van der Waals surface area contributed by atoms with E-state index in [9.17, 15) is 4.91 Å². The minimum absolute atomic E-state index is 0.0947. The van der Waals surface area contributed by atoms with E-state index in [2.05, 4.69) is 24.9 Å². The third-order valence-electron chi connectivity index (χ3n) is 1.61. The SMILES string of the molecule is C[Si](C)(C)OCCN(N=O)C1CO1. The number of nitroso groups, excluding NO2 is 1. The first-order chi connectivity index (χ1) is 6.03. The van der Waals surface area contributed by atoms with Gasteiger partial charge in [-0.1, -0.05) is 0 Å². The van der Waals surface area contributed by atoms with Crippen LogP contribution in [0, 0.1) is 4.91 Å². The van der Waals surface area contributed by atoms with Crippen molar-refractivity contribution in [2.45, 2.75) is 25.9 Å². The first-order valence-electron chi connectivity index (χ1n) is 4.38. The Balaban J connectivity index is 2.13. The molecule has 0 aromatic heterocycles. The van der Waals surface area contributed by atoms with Crippen molar-refractivity contribution in [1.82, 2.24) is 5.01 Å². The van der Waals surface area contributed by atoms with E-state index in [0.717, 1.165) is 0 Å². The van der Waals surface area contributed by atoms with Crippen molar-refractivity contribution in [3.05, 3.63) is 4.91 Å². The maximum atomic E-state index is 10.3. The van der Waals surface area contributed by atoms with Gasteiger partial charge >= 0.3 is 0 Å². The average Bonchev–Trinajstić information content (AvgIpc) is 2.78. The lowest BCUT2D eigenvalue weighted by Gasteiger charge is -2.19. The first-order valence-corrected chi connectivity index (χ1v) is 7.79. The van der Waals surface area contributed by atoms with Gasteiger partial charge in [-0.3, -0.25) is 0 Å². The molecule has 1 aliphatic rings. The van der Waals surface area contributed by atoms with Crippen LogP contribution in [0.15, 0.2) is 5.29 Å². The number of hydrogen-bond acceptors (Lipinski definition) is 4. The van der Waals surface area contributed by atoms with Crippen LogP contribution in [0.25, 0.3) is 0 Å². The minimum atomic E-state index is -1.46. The smallest absolute Gasteiger partial charge is 0.183 e. The van der Waals surface area contributed by atoms with Crippen molar-refractivity contribution in [2.24, 2.45) is 5.29 Å². The summed E-state index contributed by atoms with van der Waals surface area (Å²) in [6.45, 7) is 8.02. The lowest BCUT2D eigenvalue weighted by molar-refractivity contribution is 0.147. The normalized spacial score (nSPS) is 21.3. The molecule has 0 amide bonds. The van der Waals surface area contributed by atoms with Crippen LogP contribution >= 0.6 is 0 Å².